The van der Waals surface area contributed by atoms with Crippen molar-refractivity contribution in [2.45, 2.75) is 37.2 Å². The first-order chi connectivity index (χ1) is 15.4. The van der Waals surface area contributed by atoms with Gasteiger partial charge in [0.2, 0.25) is 0 Å². The molecule has 6 N–H and O–H groups in total. The van der Waals surface area contributed by atoms with Crippen molar-refractivity contribution in [3.05, 3.63) is 52.9 Å². The highest BCUT2D eigenvalue weighted by Gasteiger charge is 2.46. The smallest absolute Gasteiger partial charge is 0.162 e. The molecule has 4 aromatic rings. The van der Waals surface area contributed by atoms with E-state index < -0.39 is 17.9 Å². The Balaban J connectivity index is 1.38. The predicted octanol–water partition coefficient (Wildman–Crippen LogP) is 2.55. The Morgan fingerprint density at radius 3 is 2.84 bits per heavy atom. The van der Waals surface area contributed by atoms with Gasteiger partial charge in [0.05, 0.1) is 27.6 Å². The van der Waals surface area contributed by atoms with Crippen molar-refractivity contribution in [1.29, 1.82) is 0 Å². The van der Waals surface area contributed by atoms with Crippen molar-refractivity contribution in [2.75, 3.05) is 18.1 Å². The zero-order valence-electron chi connectivity index (χ0n) is 17.1. The van der Waals surface area contributed by atoms with Crippen LogP contribution in [0.1, 0.15) is 24.6 Å². The summed E-state index contributed by atoms with van der Waals surface area (Å²) < 4.78 is 8.78. The molecule has 3 aromatic heterocycles. The van der Waals surface area contributed by atoms with Gasteiger partial charge in [-0.25, -0.2) is 15.0 Å². The van der Waals surface area contributed by atoms with E-state index in [0.29, 0.717) is 41.9 Å². The van der Waals surface area contributed by atoms with E-state index in [4.69, 9.17) is 16.2 Å². The van der Waals surface area contributed by atoms with Gasteiger partial charge in [0.1, 0.15) is 29.7 Å². The fraction of sp³-hybridized carbons (Fsp3) is 0.318. The molecule has 166 valence electrons. The number of hydrogen-bond donors (Lipinski definition) is 4. The third kappa shape index (κ3) is 3.58. The van der Waals surface area contributed by atoms with E-state index in [1.54, 1.807) is 16.8 Å². The van der Waals surface area contributed by atoms with Crippen molar-refractivity contribution < 1.29 is 14.9 Å². The number of aryl methyl sites for hydroxylation is 1. The first kappa shape index (κ1) is 21.1. The standard InChI is InChI=1S/C22H23BrN6O3/c23-15-8-13-2-1-12(7-16(13)28-19(15)25)3-5-22(10-30)9-17(31)21(32-22)29-6-4-14-18(24)26-11-27-20(14)29/h1-2,4,6-8,11,17,21,30-31H,3,5,9-10H2,(H2,25,28)(H2,24,26,27)/t17-,21-,22?/m1/s1. The molecule has 4 heterocycles. The lowest BCUT2D eigenvalue weighted by molar-refractivity contribution is -0.111. The molecular weight excluding hydrogens is 476 g/mol. The van der Waals surface area contributed by atoms with Crippen LogP contribution >= 0.6 is 15.9 Å². The minimum atomic E-state index is -0.875. The highest BCUT2D eigenvalue weighted by molar-refractivity contribution is 9.10. The van der Waals surface area contributed by atoms with Gasteiger partial charge in [-0.05, 0) is 52.5 Å². The summed E-state index contributed by atoms with van der Waals surface area (Å²) in [6, 6.07) is 9.75. The lowest BCUT2D eigenvalue weighted by Gasteiger charge is -2.27. The predicted molar refractivity (Wildman–Crippen MR) is 125 cm³/mol. The van der Waals surface area contributed by atoms with Gasteiger partial charge in [0.25, 0.3) is 0 Å². The maximum Gasteiger partial charge on any atom is 0.162 e. The molecule has 0 aliphatic carbocycles. The summed E-state index contributed by atoms with van der Waals surface area (Å²) in [5.41, 5.74) is 13.4. The Morgan fingerprint density at radius 2 is 2.03 bits per heavy atom. The molecule has 1 aliphatic rings. The number of nitrogens with two attached hydrogens (primary N) is 2. The average molecular weight is 499 g/mol. The van der Waals surface area contributed by atoms with Crippen molar-refractivity contribution in [3.8, 4) is 0 Å². The minimum absolute atomic E-state index is 0.206. The first-order valence-electron chi connectivity index (χ1n) is 10.3. The number of pyridine rings is 1. The average Bonchev–Trinajstić information content (AvgIpc) is 3.35. The quantitative estimate of drug-likeness (QED) is 0.328. The number of hydrogen-bond acceptors (Lipinski definition) is 8. The molecule has 0 radical (unpaired) electrons. The van der Waals surface area contributed by atoms with Crippen LogP contribution in [0.2, 0.25) is 0 Å². The molecule has 1 saturated heterocycles. The number of aliphatic hydroxyl groups is 2. The Bertz CT molecular complexity index is 1310. The van der Waals surface area contributed by atoms with Gasteiger partial charge >= 0.3 is 0 Å². The number of aromatic nitrogens is 4. The highest BCUT2D eigenvalue weighted by atomic mass is 79.9. The third-order valence-corrected chi connectivity index (χ3v) is 6.75. The fourth-order valence-electron chi connectivity index (χ4n) is 4.37. The summed E-state index contributed by atoms with van der Waals surface area (Å²) in [5.74, 6) is 0.808. The number of aliphatic hydroxyl groups excluding tert-OH is 2. The minimum Gasteiger partial charge on any atom is -0.393 e. The van der Waals surface area contributed by atoms with E-state index in [1.807, 2.05) is 24.3 Å². The Morgan fingerprint density at radius 1 is 1.19 bits per heavy atom. The van der Waals surface area contributed by atoms with Crippen LogP contribution in [0.4, 0.5) is 11.6 Å². The Kier molecular flexibility index (Phi) is 5.25. The van der Waals surface area contributed by atoms with Gasteiger partial charge in [-0.3, -0.25) is 0 Å². The second-order valence-electron chi connectivity index (χ2n) is 8.22. The lowest BCUT2D eigenvalue weighted by atomic mass is 9.91. The SMILES string of the molecule is Nc1nc2cc(CCC3(CO)C[C@@H](O)[C@H](n4ccc5c(N)ncnc54)O3)ccc2cc1Br. The number of anilines is 2. The number of benzene rings is 1. The number of nitrogen functional groups attached to an aromatic ring is 2. The molecule has 1 fully saturated rings. The lowest BCUT2D eigenvalue weighted by Crippen LogP contribution is -2.34. The maximum atomic E-state index is 10.8. The molecule has 0 spiro atoms. The molecule has 10 heteroatoms. The van der Waals surface area contributed by atoms with Crippen LogP contribution in [-0.4, -0.2) is 48.0 Å². The molecule has 1 aromatic carbocycles. The second-order valence-corrected chi connectivity index (χ2v) is 9.08. The molecule has 9 nitrogen and oxygen atoms in total. The molecular formula is C22H23BrN6O3. The summed E-state index contributed by atoms with van der Waals surface area (Å²) in [5, 5.41) is 22.7. The van der Waals surface area contributed by atoms with Gasteiger partial charge in [-0.2, -0.15) is 0 Å². The topological polar surface area (TPSA) is 145 Å². The van der Waals surface area contributed by atoms with Gasteiger partial charge in [-0.1, -0.05) is 12.1 Å². The van der Waals surface area contributed by atoms with E-state index in [1.165, 1.54) is 6.33 Å². The van der Waals surface area contributed by atoms with E-state index >= 15 is 0 Å². The fourth-order valence-corrected chi connectivity index (χ4v) is 4.71. The molecule has 1 aliphatic heterocycles. The summed E-state index contributed by atoms with van der Waals surface area (Å²) in [7, 11) is 0. The summed E-state index contributed by atoms with van der Waals surface area (Å²) in [6.07, 6.45) is 3.16. The zero-order chi connectivity index (χ0) is 22.5. The monoisotopic (exact) mass is 498 g/mol. The van der Waals surface area contributed by atoms with E-state index in [9.17, 15) is 10.2 Å². The summed E-state index contributed by atoms with van der Waals surface area (Å²) >= 11 is 3.40. The molecule has 0 bridgehead atoms. The molecule has 0 amide bonds. The zero-order valence-corrected chi connectivity index (χ0v) is 18.7. The second kappa shape index (κ2) is 7.96. The number of rotatable bonds is 5. The van der Waals surface area contributed by atoms with Crippen LogP contribution in [0, 0.1) is 0 Å². The summed E-state index contributed by atoms with van der Waals surface area (Å²) in [4.78, 5) is 12.7. The normalized spacial score (nSPS) is 23.3. The van der Waals surface area contributed by atoms with Gasteiger partial charge in [0.15, 0.2) is 6.23 Å². The van der Waals surface area contributed by atoms with Crippen LogP contribution in [0.25, 0.3) is 21.9 Å². The number of fused-ring (bicyclic) bond motifs is 2. The van der Waals surface area contributed by atoms with Crippen LogP contribution in [0.15, 0.2) is 47.3 Å². The molecule has 32 heavy (non-hydrogen) atoms. The maximum absolute atomic E-state index is 10.8. The van der Waals surface area contributed by atoms with Crippen LogP contribution in [0.3, 0.4) is 0 Å². The van der Waals surface area contributed by atoms with Crippen LogP contribution in [-0.2, 0) is 11.2 Å². The van der Waals surface area contributed by atoms with Crippen LogP contribution in [0.5, 0.6) is 0 Å². The Labute approximate surface area is 192 Å². The van der Waals surface area contributed by atoms with E-state index in [0.717, 1.165) is 20.9 Å². The van der Waals surface area contributed by atoms with Crippen molar-refractivity contribution >= 4 is 49.5 Å². The molecule has 0 saturated carbocycles. The van der Waals surface area contributed by atoms with E-state index in [2.05, 4.69) is 30.9 Å². The largest absolute Gasteiger partial charge is 0.393 e. The van der Waals surface area contributed by atoms with Crippen LogP contribution < -0.4 is 11.5 Å². The van der Waals surface area contributed by atoms with Gasteiger partial charge in [-0.15, -0.1) is 0 Å². The van der Waals surface area contributed by atoms with Crippen molar-refractivity contribution in [2.24, 2.45) is 0 Å². The Hall–Kier alpha value is -2.79. The first-order valence-corrected chi connectivity index (χ1v) is 11.1. The van der Waals surface area contributed by atoms with Crippen molar-refractivity contribution in [3.63, 3.8) is 0 Å². The number of nitrogens with zero attached hydrogens (tertiary/aromatic N) is 4. The molecule has 1 unspecified atom stereocenters. The number of ether oxygens (including phenoxy) is 1. The molecule has 3 atom stereocenters. The highest BCUT2D eigenvalue weighted by Crippen LogP contribution is 2.41. The van der Waals surface area contributed by atoms with E-state index in [-0.39, 0.29) is 6.61 Å². The van der Waals surface area contributed by atoms with Crippen molar-refractivity contribution in [1.82, 2.24) is 19.5 Å². The van der Waals surface area contributed by atoms with Gasteiger partial charge in [0, 0.05) is 18.0 Å². The third-order valence-electron chi connectivity index (χ3n) is 6.12. The summed E-state index contributed by atoms with van der Waals surface area (Å²) in [6.45, 7) is -0.206. The molecule has 5 rings (SSSR count). The van der Waals surface area contributed by atoms with Gasteiger partial charge < -0.3 is 31.0 Å². The number of halogens is 1.